The number of benzene rings is 2. The van der Waals surface area contributed by atoms with Gasteiger partial charge in [-0.1, -0.05) is 65.8 Å². The summed E-state index contributed by atoms with van der Waals surface area (Å²) in [6.45, 7) is 21.9. The van der Waals surface area contributed by atoms with E-state index in [2.05, 4.69) is 79.9 Å². The third-order valence-electron chi connectivity index (χ3n) is 12.6. The molecule has 0 aromatic heterocycles. The lowest BCUT2D eigenvalue weighted by atomic mass is 9.68. The van der Waals surface area contributed by atoms with Crippen LogP contribution in [0.4, 0.5) is 21.0 Å². The number of hydrogen-bond acceptors (Lipinski definition) is 4. The Morgan fingerprint density at radius 3 is 1.21 bits per heavy atom. The highest BCUT2D eigenvalue weighted by molar-refractivity contribution is 5.87. The van der Waals surface area contributed by atoms with E-state index in [9.17, 15) is 19.8 Å². The minimum atomic E-state index is -0.923. The van der Waals surface area contributed by atoms with Crippen LogP contribution >= 0.6 is 0 Å². The van der Waals surface area contributed by atoms with Gasteiger partial charge in [-0.05, 0) is 120 Å². The van der Waals surface area contributed by atoms with Gasteiger partial charge >= 0.3 is 12.2 Å². The molecule has 0 bridgehead atoms. The largest absolute Gasteiger partial charge is 0.465 e. The second kappa shape index (κ2) is 13.8. The molecule has 260 valence electrons. The molecule has 2 aromatic carbocycles. The molecule has 2 aliphatic rings. The maximum atomic E-state index is 12.8. The fourth-order valence-corrected chi connectivity index (χ4v) is 8.42. The van der Waals surface area contributed by atoms with Gasteiger partial charge in [0.1, 0.15) is 0 Å². The van der Waals surface area contributed by atoms with Crippen LogP contribution in [0.3, 0.4) is 0 Å². The smallest absolute Gasteiger partial charge is 0.412 e. The molecular formula is C39H60N4O4. The number of piperidine rings is 2. The van der Waals surface area contributed by atoms with Gasteiger partial charge in [0.15, 0.2) is 0 Å². The van der Waals surface area contributed by atoms with Crippen LogP contribution in [0.25, 0.3) is 0 Å². The molecule has 8 unspecified atom stereocenters. The lowest BCUT2D eigenvalue weighted by molar-refractivity contribution is 0.0685. The average molecular weight is 649 g/mol. The Hall–Kier alpha value is -3.10. The Morgan fingerprint density at radius 1 is 0.638 bits per heavy atom. The first-order valence-electron chi connectivity index (χ1n) is 17.8. The summed E-state index contributed by atoms with van der Waals surface area (Å²) < 4.78 is 0. The zero-order valence-electron chi connectivity index (χ0n) is 30.5. The molecule has 8 atom stereocenters. The van der Waals surface area contributed by atoms with Crippen molar-refractivity contribution in [1.82, 2.24) is 10.6 Å². The van der Waals surface area contributed by atoms with Crippen molar-refractivity contribution in [3.8, 4) is 0 Å². The van der Waals surface area contributed by atoms with Gasteiger partial charge in [0, 0.05) is 45.6 Å². The monoisotopic (exact) mass is 648 g/mol. The second-order valence-corrected chi connectivity index (χ2v) is 15.6. The van der Waals surface area contributed by atoms with Gasteiger partial charge < -0.3 is 20.8 Å². The van der Waals surface area contributed by atoms with Crippen molar-refractivity contribution in [1.29, 1.82) is 0 Å². The topological polar surface area (TPSA) is 105 Å². The van der Waals surface area contributed by atoms with Crippen molar-refractivity contribution < 1.29 is 19.8 Å². The van der Waals surface area contributed by atoms with E-state index in [1.54, 1.807) is 9.80 Å². The van der Waals surface area contributed by atoms with E-state index in [0.29, 0.717) is 17.8 Å². The van der Waals surface area contributed by atoms with Crippen molar-refractivity contribution in [2.45, 2.75) is 148 Å². The summed E-state index contributed by atoms with van der Waals surface area (Å²) >= 11 is 0. The maximum Gasteiger partial charge on any atom is 0.412 e. The first-order valence-corrected chi connectivity index (χ1v) is 17.8. The molecule has 2 heterocycles. The van der Waals surface area contributed by atoms with Crippen molar-refractivity contribution >= 4 is 23.6 Å². The number of amides is 2. The number of nitrogens with zero attached hydrogens (tertiary/aromatic N) is 2. The summed E-state index contributed by atoms with van der Waals surface area (Å²) in [6, 6.07) is 15.5. The summed E-state index contributed by atoms with van der Waals surface area (Å²) in [4.78, 5) is 28.7. The van der Waals surface area contributed by atoms with Gasteiger partial charge in [0.25, 0.3) is 0 Å². The number of hydrogen-bond donors (Lipinski definition) is 4. The van der Waals surface area contributed by atoms with Gasteiger partial charge in [-0.25, -0.2) is 9.59 Å². The molecule has 0 radical (unpaired) electrons. The average Bonchev–Trinajstić information content (AvgIpc) is 3.03. The highest BCUT2D eigenvalue weighted by Crippen LogP contribution is 2.42. The summed E-state index contributed by atoms with van der Waals surface area (Å²) in [7, 11) is 0. The SMILES string of the molecule is CCC1(C)CC(N(C(=O)O)c2ccc(Cc3ccc(N(C(=O)O)C4CC(C)(CC)NC(C)(CC)C4C)cc3)cc2)C(C)C(C)(CC)N1. The molecule has 47 heavy (non-hydrogen) atoms. The van der Waals surface area contributed by atoms with E-state index in [-0.39, 0.29) is 46.1 Å². The fourth-order valence-electron chi connectivity index (χ4n) is 8.42. The van der Waals surface area contributed by atoms with E-state index < -0.39 is 12.2 Å². The van der Waals surface area contributed by atoms with Gasteiger partial charge in [0.2, 0.25) is 0 Å². The van der Waals surface area contributed by atoms with Crippen LogP contribution in [0, 0.1) is 11.8 Å². The molecule has 8 heteroatoms. The normalized spacial score (nSPS) is 34.1. The summed E-state index contributed by atoms with van der Waals surface area (Å²) in [5, 5.41) is 28.6. The first kappa shape index (κ1) is 36.7. The standard InChI is InChI=1S/C39H60N4O4/c1-11-36(7)24-32(26(5)38(9,13-3)40-36)42(34(44)45)30-19-15-28(16-20-30)23-29-17-21-31(22-18-29)43(35(46)47)33-25-37(8,12-2)41-39(10,14-4)27(33)6/h15-22,26-27,32-33,40-41H,11-14,23-25H2,1-10H3,(H,44,45)(H,46,47). The predicted molar refractivity (Wildman–Crippen MR) is 193 cm³/mol. The molecule has 4 rings (SSSR count). The molecule has 0 spiro atoms. The number of carbonyl (C=O) groups is 2. The third kappa shape index (κ3) is 7.34. The predicted octanol–water partition coefficient (Wildman–Crippen LogP) is 8.92. The fraction of sp³-hybridized carbons (Fsp3) is 0.641. The minimum Gasteiger partial charge on any atom is -0.465 e. The molecule has 0 aliphatic carbocycles. The Labute approximate surface area is 283 Å². The van der Waals surface area contributed by atoms with Crippen LogP contribution in [0.2, 0.25) is 0 Å². The minimum absolute atomic E-state index is 0.131. The van der Waals surface area contributed by atoms with Gasteiger partial charge in [-0.2, -0.15) is 0 Å². The zero-order chi connectivity index (χ0) is 34.9. The van der Waals surface area contributed by atoms with Crippen molar-refractivity contribution in [2.24, 2.45) is 11.8 Å². The number of nitrogens with one attached hydrogen (secondary N) is 2. The Kier molecular flexibility index (Phi) is 10.8. The van der Waals surface area contributed by atoms with Crippen molar-refractivity contribution in [2.75, 3.05) is 9.80 Å². The third-order valence-corrected chi connectivity index (χ3v) is 12.6. The van der Waals surface area contributed by atoms with Gasteiger partial charge in [0.05, 0.1) is 0 Å². The lowest BCUT2D eigenvalue weighted by Gasteiger charge is -2.55. The van der Waals surface area contributed by atoms with E-state index in [1.165, 1.54) is 0 Å². The summed E-state index contributed by atoms with van der Waals surface area (Å²) in [6.07, 6.45) is 4.01. The van der Waals surface area contributed by atoms with Crippen LogP contribution in [-0.4, -0.2) is 56.6 Å². The van der Waals surface area contributed by atoms with E-state index in [0.717, 1.165) is 49.7 Å². The second-order valence-electron chi connectivity index (χ2n) is 15.6. The van der Waals surface area contributed by atoms with Gasteiger partial charge in [-0.3, -0.25) is 9.80 Å². The molecule has 0 saturated carbocycles. The lowest BCUT2D eigenvalue weighted by Crippen LogP contribution is -2.69. The highest BCUT2D eigenvalue weighted by Gasteiger charge is 2.50. The van der Waals surface area contributed by atoms with Crippen LogP contribution < -0.4 is 20.4 Å². The molecule has 2 saturated heterocycles. The molecule has 2 amide bonds. The van der Waals surface area contributed by atoms with Gasteiger partial charge in [-0.15, -0.1) is 0 Å². The molecule has 4 N–H and O–H groups in total. The molecule has 2 aromatic rings. The zero-order valence-corrected chi connectivity index (χ0v) is 30.5. The number of carboxylic acid groups (broad SMARTS) is 2. The Bertz CT molecular complexity index is 1290. The first-order chi connectivity index (χ1) is 22.0. The summed E-state index contributed by atoms with van der Waals surface area (Å²) in [5.41, 5.74) is 2.91. The molecule has 8 nitrogen and oxygen atoms in total. The highest BCUT2D eigenvalue weighted by atomic mass is 16.4. The van der Waals surface area contributed by atoms with E-state index in [1.807, 2.05) is 48.5 Å². The van der Waals surface area contributed by atoms with E-state index in [4.69, 9.17) is 0 Å². The number of anilines is 2. The molecule has 2 aliphatic heterocycles. The van der Waals surface area contributed by atoms with Crippen LogP contribution in [0.5, 0.6) is 0 Å². The van der Waals surface area contributed by atoms with Crippen LogP contribution in [0.1, 0.15) is 119 Å². The Balaban J connectivity index is 1.55. The number of rotatable bonds is 10. The van der Waals surface area contributed by atoms with Crippen LogP contribution in [-0.2, 0) is 6.42 Å². The molecular weight excluding hydrogens is 588 g/mol. The van der Waals surface area contributed by atoms with Crippen LogP contribution in [0.15, 0.2) is 48.5 Å². The van der Waals surface area contributed by atoms with E-state index >= 15 is 0 Å². The maximum absolute atomic E-state index is 12.8. The summed E-state index contributed by atoms with van der Waals surface area (Å²) in [5.74, 6) is 0.261. The van der Waals surface area contributed by atoms with Crippen molar-refractivity contribution in [3.63, 3.8) is 0 Å². The van der Waals surface area contributed by atoms with Crippen molar-refractivity contribution in [3.05, 3.63) is 59.7 Å². The molecule has 2 fully saturated rings. The Morgan fingerprint density at radius 2 is 0.957 bits per heavy atom. The quantitative estimate of drug-likeness (QED) is 0.205.